The molecule has 3 aromatic rings. The van der Waals surface area contributed by atoms with Gasteiger partial charge in [-0.25, -0.2) is 0 Å². The number of β-lactam (4-membered cyclic amide) rings is 1. The maximum atomic E-state index is 13.9. The molecule has 3 aromatic carbocycles. The normalized spacial score (nSPS) is 17.3. The minimum absolute atomic E-state index is 0.106. The third kappa shape index (κ3) is 8.00. The number of amides is 1. The smallest absolute Gasteiger partial charge is 0.269 e. The van der Waals surface area contributed by atoms with Crippen molar-refractivity contribution >= 4 is 63.1 Å². The van der Waals surface area contributed by atoms with Crippen molar-refractivity contribution in [3.63, 3.8) is 0 Å². The Morgan fingerprint density at radius 3 is 2.20 bits per heavy atom. The fourth-order valence-corrected chi connectivity index (χ4v) is 5.88. The zero-order valence-corrected chi connectivity index (χ0v) is 27.7. The van der Waals surface area contributed by atoms with Crippen molar-refractivity contribution in [2.24, 2.45) is 11.3 Å². The largest absolute Gasteiger partial charge is 0.477 e. The van der Waals surface area contributed by atoms with Gasteiger partial charge in [0.25, 0.3) is 5.69 Å². The summed E-state index contributed by atoms with van der Waals surface area (Å²) in [6, 6.07) is 20.9. The lowest BCUT2D eigenvalue weighted by Gasteiger charge is -2.46. The molecule has 1 saturated heterocycles. The van der Waals surface area contributed by atoms with Crippen LogP contribution in [-0.2, 0) is 20.9 Å². The van der Waals surface area contributed by atoms with Gasteiger partial charge in [-0.3, -0.25) is 29.4 Å². The van der Waals surface area contributed by atoms with Crippen LogP contribution >= 0.6 is 35.6 Å². The number of ketones is 1. The molecular weight excluding hydrogens is 652 g/mol. The fraction of sp³-hybridized carbons (Fsp3) is 0.273. The Morgan fingerprint density at radius 1 is 1.07 bits per heavy atom. The molecule has 0 bridgehead atoms. The summed E-state index contributed by atoms with van der Waals surface area (Å²) in [4.78, 5) is 52.4. The molecule has 13 heteroatoms. The summed E-state index contributed by atoms with van der Waals surface area (Å²) in [6.07, 6.45) is -1.08. The Balaban J connectivity index is 1.70. The number of nitrogens with zero attached hydrogens (tertiary/aromatic N) is 2. The molecule has 0 radical (unpaired) electrons. The van der Waals surface area contributed by atoms with Crippen LogP contribution in [0.25, 0.3) is 0 Å². The molecule has 1 amide bonds. The van der Waals surface area contributed by atoms with Gasteiger partial charge >= 0.3 is 0 Å². The Bertz CT molecular complexity index is 1670. The van der Waals surface area contributed by atoms with Crippen LogP contribution in [0, 0.1) is 21.4 Å². The zero-order chi connectivity index (χ0) is 33.8. The van der Waals surface area contributed by atoms with Crippen molar-refractivity contribution < 1.29 is 33.9 Å². The van der Waals surface area contributed by atoms with Gasteiger partial charge in [0.2, 0.25) is 21.9 Å². The third-order valence-electron chi connectivity index (χ3n) is 6.90. The second-order valence-corrected chi connectivity index (χ2v) is 13.3. The van der Waals surface area contributed by atoms with Crippen LogP contribution in [0.1, 0.15) is 43.6 Å². The average Bonchev–Trinajstić information content (AvgIpc) is 3.01. The molecule has 1 aliphatic rings. The summed E-state index contributed by atoms with van der Waals surface area (Å²) >= 11 is 13.3. The number of ether oxygens (including phenoxy) is 2. The molecule has 1 fully saturated rings. The first-order valence-electron chi connectivity index (χ1n) is 14.1. The average molecular weight is 683 g/mol. The molecule has 0 unspecified atom stereocenters. The lowest BCUT2D eigenvalue weighted by atomic mass is 9.87. The molecule has 4 rings (SSSR count). The molecule has 1 heterocycles. The quantitative estimate of drug-likeness (QED) is 0.0268. The Morgan fingerprint density at radius 2 is 1.67 bits per heavy atom. The van der Waals surface area contributed by atoms with Gasteiger partial charge in [0.05, 0.1) is 16.9 Å². The summed E-state index contributed by atoms with van der Waals surface area (Å²) in [5.41, 5.74) is -1.47. The van der Waals surface area contributed by atoms with Crippen LogP contribution in [0.15, 0.2) is 95.2 Å². The summed E-state index contributed by atoms with van der Waals surface area (Å²) in [5.74, 6) is -2.22. The summed E-state index contributed by atoms with van der Waals surface area (Å²) in [5, 5.41) is 20.7. The van der Waals surface area contributed by atoms with Crippen molar-refractivity contribution in [3.05, 3.63) is 112 Å². The van der Waals surface area contributed by atoms with Gasteiger partial charge < -0.3 is 14.6 Å². The number of Topliss-reactive ketones (excluding diaryl/α,β-unsaturated/α-hetero) is 1. The van der Waals surface area contributed by atoms with Crippen molar-refractivity contribution in [2.45, 2.75) is 50.8 Å². The van der Waals surface area contributed by atoms with E-state index in [0.717, 1.165) is 21.6 Å². The molecule has 240 valence electrons. The van der Waals surface area contributed by atoms with Gasteiger partial charge in [0.15, 0.2) is 5.76 Å². The zero-order valence-electron chi connectivity index (χ0n) is 25.3. The topological polar surface area (TPSA) is 136 Å². The first-order chi connectivity index (χ1) is 21.7. The molecular formula is C33H31ClN2O8S2. The van der Waals surface area contributed by atoms with Crippen LogP contribution in [0.2, 0.25) is 0 Å². The summed E-state index contributed by atoms with van der Waals surface area (Å²) in [7, 11) is 0. The van der Waals surface area contributed by atoms with Gasteiger partial charge in [-0.15, -0.1) is 0 Å². The minimum Gasteiger partial charge on any atom is -0.477 e. The highest BCUT2D eigenvalue weighted by molar-refractivity contribution is 8.14. The number of likely N-dealkylation sites (tertiary alicyclic amines) is 1. The first-order valence-corrected chi connectivity index (χ1v) is 15.7. The Kier molecular flexibility index (Phi) is 11.0. The van der Waals surface area contributed by atoms with Crippen LogP contribution in [0.3, 0.4) is 0 Å². The first kappa shape index (κ1) is 34.8. The SMILES string of the molecule is C[C@@H](O)[C@H]1C(=O)N(C(C(=S)OCc2ccc([N+](=O)[O-])cc2)=C(Oc2ccc(C(=O)Sc3ccccc3)cc2)C(=O)C(C)(C)C)[C@H]1Cl. The van der Waals surface area contributed by atoms with Crippen LogP contribution < -0.4 is 4.74 Å². The van der Waals surface area contributed by atoms with E-state index in [4.69, 9.17) is 33.3 Å². The highest BCUT2D eigenvalue weighted by Gasteiger charge is 2.53. The molecule has 1 N–H and O–H groups in total. The van der Waals surface area contributed by atoms with Crippen molar-refractivity contribution in [1.29, 1.82) is 0 Å². The van der Waals surface area contributed by atoms with E-state index in [1.54, 1.807) is 32.9 Å². The van der Waals surface area contributed by atoms with Crippen molar-refractivity contribution in [3.8, 4) is 5.75 Å². The number of hydrogen-bond acceptors (Lipinski definition) is 10. The Labute approximate surface area is 280 Å². The Hall–Kier alpha value is -4.10. The molecule has 10 nitrogen and oxygen atoms in total. The van der Waals surface area contributed by atoms with Crippen molar-refractivity contribution in [1.82, 2.24) is 4.90 Å². The number of carbonyl (C=O) groups is 3. The molecule has 46 heavy (non-hydrogen) atoms. The van der Waals surface area contributed by atoms with Crippen LogP contribution in [-0.4, -0.2) is 48.4 Å². The van der Waals surface area contributed by atoms with Crippen LogP contribution in [0.5, 0.6) is 5.75 Å². The standard InChI is InChI=1S/C33H31ClN2O8S2/c1-19(37)25-29(34)35(30(25)39)26(32(45)43-18-20-10-14-22(15-11-20)36(41)42)27(28(38)33(2,3)4)44-23-16-12-21(13-17-23)31(40)46-24-8-6-5-7-9-24/h5-17,19,25,29,37H,18H2,1-4H3/t19-,25-,29-/m1/s1. The molecule has 0 saturated carbocycles. The number of carbonyl (C=O) groups excluding carboxylic acids is 3. The fourth-order valence-electron chi connectivity index (χ4n) is 4.35. The summed E-state index contributed by atoms with van der Waals surface area (Å²) in [6.45, 7) is 6.26. The van der Waals surface area contributed by atoms with E-state index >= 15 is 0 Å². The number of benzene rings is 3. The van der Waals surface area contributed by atoms with E-state index in [2.05, 4.69) is 0 Å². The molecule has 0 aromatic heterocycles. The van der Waals surface area contributed by atoms with Gasteiger partial charge in [-0.1, -0.05) is 50.6 Å². The van der Waals surface area contributed by atoms with Gasteiger partial charge in [-0.05, 0) is 85.0 Å². The maximum Gasteiger partial charge on any atom is 0.269 e. The second kappa shape index (κ2) is 14.5. The van der Waals surface area contributed by atoms with E-state index in [-0.39, 0.29) is 39.7 Å². The number of halogens is 1. The third-order valence-corrected chi connectivity index (χ3v) is 8.61. The van der Waals surface area contributed by atoms with E-state index < -0.39 is 39.6 Å². The number of allylic oxidation sites excluding steroid dienone is 1. The number of alkyl halides is 1. The number of nitro benzene ring substituents is 1. The van der Waals surface area contributed by atoms with E-state index in [0.29, 0.717) is 11.1 Å². The van der Waals surface area contributed by atoms with Gasteiger partial charge in [0, 0.05) is 28.0 Å². The second-order valence-electron chi connectivity index (χ2n) is 11.4. The highest BCUT2D eigenvalue weighted by atomic mass is 35.5. The van der Waals surface area contributed by atoms with Crippen molar-refractivity contribution in [2.75, 3.05) is 0 Å². The predicted octanol–water partition coefficient (Wildman–Crippen LogP) is 6.68. The number of aliphatic hydroxyl groups is 1. The number of hydrogen-bond donors (Lipinski definition) is 1. The van der Waals surface area contributed by atoms with Crippen LogP contribution in [0.4, 0.5) is 5.69 Å². The van der Waals surface area contributed by atoms with E-state index in [1.807, 2.05) is 30.3 Å². The number of thiocarbonyl (C=S) groups is 1. The van der Waals surface area contributed by atoms with E-state index in [1.165, 1.54) is 43.3 Å². The number of rotatable bonds is 11. The molecule has 3 atom stereocenters. The lowest BCUT2D eigenvalue weighted by Crippen LogP contribution is -2.62. The number of aliphatic hydroxyl groups excluding tert-OH is 1. The monoisotopic (exact) mass is 682 g/mol. The van der Waals surface area contributed by atoms with E-state index in [9.17, 15) is 29.6 Å². The number of thioether (sulfide) groups is 1. The molecule has 0 spiro atoms. The number of nitro groups is 1. The lowest BCUT2D eigenvalue weighted by molar-refractivity contribution is -0.384. The maximum absolute atomic E-state index is 13.9. The van der Waals surface area contributed by atoms with Gasteiger partial charge in [0.1, 0.15) is 23.6 Å². The minimum atomic E-state index is -1.08. The highest BCUT2D eigenvalue weighted by Crippen LogP contribution is 2.39. The molecule has 1 aliphatic heterocycles. The summed E-state index contributed by atoms with van der Waals surface area (Å²) < 4.78 is 12.0. The number of non-ortho nitro benzene ring substituents is 1. The molecule has 0 aliphatic carbocycles. The van der Waals surface area contributed by atoms with Gasteiger partial charge in [-0.2, -0.15) is 0 Å². The predicted molar refractivity (Wildman–Crippen MR) is 177 cm³/mol.